The second kappa shape index (κ2) is 6.96. The van der Waals surface area contributed by atoms with Gasteiger partial charge >= 0.3 is 0 Å². The summed E-state index contributed by atoms with van der Waals surface area (Å²) in [4.78, 5) is 22.9. The molecule has 1 unspecified atom stereocenters. The summed E-state index contributed by atoms with van der Waals surface area (Å²) in [5.41, 5.74) is 1.02. The van der Waals surface area contributed by atoms with E-state index in [1.807, 2.05) is 30.3 Å². The molecule has 0 aliphatic carbocycles. The van der Waals surface area contributed by atoms with Crippen LogP contribution in [0.1, 0.15) is 45.6 Å². The zero-order chi connectivity index (χ0) is 16.2. The molecule has 1 aromatic rings. The Labute approximate surface area is 135 Å². The van der Waals surface area contributed by atoms with Gasteiger partial charge < -0.3 is 5.32 Å². The molecule has 22 heavy (non-hydrogen) atoms. The maximum Gasteiger partial charge on any atom is 0.241 e. The maximum absolute atomic E-state index is 12.1. The average molecular weight is 319 g/mol. The van der Waals surface area contributed by atoms with E-state index in [1.54, 1.807) is 0 Å². The first-order valence-electron chi connectivity index (χ1n) is 7.41. The summed E-state index contributed by atoms with van der Waals surface area (Å²) in [5.74, 6) is -0.318. The number of nitrogens with one attached hydrogen (secondary N) is 1. The van der Waals surface area contributed by atoms with Gasteiger partial charge in [0.25, 0.3) is 0 Å². The van der Waals surface area contributed by atoms with Crippen molar-refractivity contribution in [2.75, 3.05) is 0 Å². The molecule has 0 aromatic heterocycles. The Hall–Kier alpha value is -1.82. The molecule has 0 radical (unpaired) electrons. The Morgan fingerprint density at radius 1 is 1.27 bits per heavy atom. The molecule has 1 N–H and O–H groups in total. The van der Waals surface area contributed by atoms with Gasteiger partial charge in [-0.05, 0) is 12.0 Å². The van der Waals surface area contributed by atoms with Crippen molar-refractivity contribution in [2.45, 2.75) is 44.9 Å². The van der Waals surface area contributed by atoms with E-state index in [1.165, 1.54) is 30.6 Å². The molecule has 1 heterocycles. The zero-order valence-corrected chi connectivity index (χ0v) is 13.9. The lowest BCUT2D eigenvalue weighted by Crippen LogP contribution is -2.40. The van der Waals surface area contributed by atoms with Crippen molar-refractivity contribution in [3.8, 4) is 0 Å². The molecule has 6 heteroatoms. The molecule has 0 bridgehead atoms. The molecule has 1 aliphatic rings. The molecule has 118 valence electrons. The standard InChI is InChI=1S/C16H21N3O2S/c1-4-5-11-16(14-9-7-6-8-10-14)19(13(3)21)18-15(22-16)17-12(2)20/h6-10H,4-5,11H2,1-3H3,(H,17,18,20). The van der Waals surface area contributed by atoms with Crippen LogP contribution in [0.5, 0.6) is 0 Å². The van der Waals surface area contributed by atoms with Crippen LogP contribution in [0.4, 0.5) is 0 Å². The topological polar surface area (TPSA) is 61.8 Å². The van der Waals surface area contributed by atoms with Gasteiger partial charge in [0.2, 0.25) is 11.8 Å². The zero-order valence-electron chi connectivity index (χ0n) is 13.1. The quantitative estimate of drug-likeness (QED) is 0.928. The number of amidine groups is 1. The van der Waals surface area contributed by atoms with E-state index in [9.17, 15) is 9.59 Å². The van der Waals surface area contributed by atoms with Crippen LogP contribution < -0.4 is 5.32 Å². The van der Waals surface area contributed by atoms with Gasteiger partial charge in [-0.1, -0.05) is 61.9 Å². The summed E-state index contributed by atoms with van der Waals surface area (Å²) in [6.07, 6.45) is 2.77. The number of amides is 2. The highest BCUT2D eigenvalue weighted by Crippen LogP contribution is 2.48. The minimum atomic E-state index is -0.582. The molecule has 1 atom stereocenters. The molecule has 0 fully saturated rings. The van der Waals surface area contributed by atoms with Crippen molar-refractivity contribution < 1.29 is 9.59 Å². The average Bonchev–Trinajstić information content (AvgIpc) is 2.85. The van der Waals surface area contributed by atoms with Crippen LogP contribution in [0, 0.1) is 0 Å². The molecular weight excluding hydrogens is 298 g/mol. The highest BCUT2D eigenvalue weighted by atomic mass is 32.2. The van der Waals surface area contributed by atoms with E-state index in [-0.39, 0.29) is 11.8 Å². The van der Waals surface area contributed by atoms with E-state index in [2.05, 4.69) is 17.3 Å². The molecule has 2 amide bonds. The Balaban J connectivity index is 2.43. The van der Waals surface area contributed by atoms with Gasteiger partial charge in [-0.3, -0.25) is 9.59 Å². The fourth-order valence-electron chi connectivity index (χ4n) is 2.52. The number of carbonyl (C=O) groups is 2. The summed E-state index contributed by atoms with van der Waals surface area (Å²) in [7, 11) is 0. The smallest absolute Gasteiger partial charge is 0.241 e. The fraction of sp³-hybridized carbons (Fsp3) is 0.438. The van der Waals surface area contributed by atoms with Gasteiger partial charge in [0.1, 0.15) is 4.87 Å². The van der Waals surface area contributed by atoms with Gasteiger partial charge in [0.15, 0.2) is 5.17 Å². The van der Waals surface area contributed by atoms with Crippen molar-refractivity contribution in [2.24, 2.45) is 5.10 Å². The van der Waals surface area contributed by atoms with Crippen molar-refractivity contribution in [3.05, 3.63) is 35.9 Å². The van der Waals surface area contributed by atoms with Crippen LogP contribution in [0.3, 0.4) is 0 Å². The third-order valence-corrected chi connectivity index (χ3v) is 4.80. The Kier molecular flexibility index (Phi) is 5.24. The van der Waals surface area contributed by atoms with Crippen molar-refractivity contribution in [1.82, 2.24) is 10.3 Å². The third-order valence-electron chi connectivity index (χ3n) is 3.47. The first kappa shape index (κ1) is 16.5. The minimum absolute atomic E-state index is 0.132. The molecule has 2 rings (SSSR count). The summed E-state index contributed by atoms with van der Waals surface area (Å²) in [6, 6.07) is 9.87. The number of hydrogen-bond acceptors (Lipinski definition) is 4. The van der Waals surface area contributed by atoms with Gasteiger partial charge in [-0.15, -0.1) is 5.10 Å². The predicted molar refractivity (Wildman–Crippen MR) is 89.0 cm³/mol. The molecular formula is C16H21N3O2S. The number of nitrogens with zero attached hydrogens (tertiary/aromatic N) is 2. The predicted octanol–water partition coefficient (Wildman–Crippen LogP) is 3.03. The van der Waals surface area contributed by atoms with Crippen LogP contribution in [0.25, 0.3) is 0 Å². The third kappa shape index (κ3) is 3.32. The number of rotatable bonds is 4. The number of hydrazone groups is 1. The van der Waals surface area contributed by atoms with Crippen molar-refractivity contribution >= 4 is 28.7 Å². The van der Waals surface area contributed by atoms with Gasteiger partial charge in [0.05, 0.1) is 0 Å². The van der Waals surface area contributed by atoms with E-state index in [4.69, 9.17) is 0 Å². The summed E-state index contributed by atoms with van der Waals surface area (Å²) in [5, 5.41) is 9.03. The van der Waals surface area contributed by atoms with Gasteiger partial charge in [0, 0.05) is 13.8 Å². The second-order valence-electron chi connectivity index (χ2n) is 5.27. The number of thioether (sulfide) groups is 1. The van der Waals surface area contributed by atoms with Crippen LogP contribution in [-0.4, -0.2) is 22.0 Å². The Morgan fingerprint density at radius 2 is 1.95 bits per heavy atom. The van der Waals surface area contributed by atoms with E-state index in [0.717, 1.165) is 24.8 Å². The second-order valence-corrected chi connectivity index (χ2v) is 6.54. The van der Waals surface area contributed by atoms with Crippen LogP contribution >= 0.6 is 11.8 Å². The van der Waals surface area contributed by atoms with Crippen LogP contribution in [-0.2, 0) is 14.5 Å². The lowest BCUT2D eigenvalue weighted by atomic mass is 9.99. The number of unbranched alkanes of at least 4 members (excludes halogenated alkanes) is 1. The first-order chi connectivity index (χ1) is 10.5. The molecule has 1 aromatic carbocycles. The fourth-order valence-corrected chi connectivity index (χ4v) is 3.91. The summed E-state index contributed by atoms with van der Waals surface area (Å²) in [6.45, 7) is 5.06. The molecule has 0 spiro atoms. The van der Waals surface area contributed by atoms with Gasteiger partial charge in [-0.25, -0.2) is 5.01 Å². The normalized spacial score (nSPS) is 20.7. The maximum atomic E-state index is 12.1. The summed E-state index contributed by atoms with van der Waals surface area (Å²) < 4.78 is 0. The monoisotopic (exact) mass is 319 g/mol. The Bertz CT molecular complexity index is 588. The van der Waals surface area contributed by atoms with Crippen LogP contribution in [0.2, 0.25) is 0 Å². The molecule has 0 saturated heterocycles. The molecule has 1 aliphatic heterocycles. The highest BCUT2D eigenvalue weighted by molar-refractivity contribution is 8.14. The van der Waals surface area contributed by atoms with Crippen molar-refractivity contribution in [1.29, 1.82) is 0 Å². The van der Waals surface area contributed by atoms with Crippen molar-refractivity contribution in [3.63, 3.8) is 0 Å². The highest BCUT2D eigenvalue weighted by Gasteiger charge is 2.47. The van der Waals surface area contributed by atoms with Gasteiger partial charge in [-0.2, -0.15) is 0 Å². The largest absolute Gasteiger partial charge is 0.304 e. The van der Waals surface area contributed by atoms with Crippen LogP contribution in [0.15, 0.2) is 35.4 Å². The number of hydrogen-bond donors (Lipinski definition) is 1. The number of carbonyl (C=O) groups excluding carboxylic acids is 2. The first-order valence-corrected chi connectivity index (χ1v) is 8.23. The SMILES string of the molecule is CCCCC1(c2ccccc2)SC(NC(C)=O)=NN1C(C)=O. The van der Waals surface area contributed by atoms with E-state index in [0.29, 0.717) is 5.17 Å². The van der Waals surface area contributed by atoms with E-state index >= 15 is 0 Å². The lowest BCUT2D eigenvalue weighted by molar-refractivity contribution is -0.132. The molecule has 5 nitrogen and oxygen atoms in total. The summed E-state index contributed by atoms with van der Waals surface area (Å²) >= 11 is 1.44. The molecule has 0 saturated carbocycles. The van der Waals surface area contributed by atoms with E-state index < -0.39 is 4.87 Å². The lowest BCUT2D eigenvalue weighted by Gasteiger charge is -2.35. The Morgan fingerprint density at radius 3 is 2.50 bits per heavy atom. The number of benzene rings is 1. The minimum Gasteiger partial charge on any atom is -0.304 e.